The SMILES string of the molecule is COc1cc(-c2nc(C3CCCS3(=O)=O)cc(N3CCOC[C@H]3C)n2)cc(C)n1.C[C@@H]1COCCN1c1cc(C2CCCS2(=O)=O)nc(-c2cc(Cl)nc3c2C=CC3)n1.Cc1cc(-c2nc(C3CCCS3(=O)=O)cc(N3CCOC[C@H]3C)n2)cc(Cl)n1.Cc1cc(-c2nc(C3CCCS3(=O)=O)cc(N3CCOC[C@H]3C)n2)ccn1.Cc1nc2ccccc2n1-c1nc(C2CCCS2(=O)=O)cc(N2CCOC[C@H]2C)n1. The molecule has 11 aliphatic rings. The topological polar surface area (TPSA) is 441 Å². The molecule has 44 heteroatoms. The van der Waals surface area contributed by atoms with Gasteiger partial charge >= 0.3 is 0 Å². The summed E-state index contributed by atoms with van der Waals surface area (Å²) in [6, 6.07) is 30.6. The minimum absolute atomic E-state index is 0.140. The molecule has 10 fully saturated rings. The summed E-state index contributed by atoms with van der Waals surface area (Å²) in [6.45, 7) is 27.7. The number of ether oxygens (including phenoxy) is 6. The van der Waals surface area contributed by atoms with E-state index in [0.717, 1.165) is 103 Å². The first-order chi connectivity index (χ1) is 69.0. The van der Waals surface area contributed by atoms with Crippen LogP contribution in [0.2, 0.25) is 10.3 Å². The Balaban J connectivity index is 0.000000118. The van der Waals surface area contributed by atoms with E-state index < -0.39 is 75.4 Å². The number of aromatic nitrogens is 16. The van der Waals surface area contributed by atoms with Crippen LogP contribution in [-0.2, 0) is 79.3 Å². The first kappa shape index (κ1) is 103. The van der Waals surface area contributed by atoms with E-state index in [2.05, 4.69) is 99.0 Å². The number of morpholine rings is 5. The summed E-state index contributed by atoms with van der Waals surface area (Å²) >= 11 is 12.4. The van der Waals surface area contributed by atoms with Crippen molar-refractivity contribution in [3.63, 3.8) is 0 Å². The molecule has 0 spiro atoms. The molecule has 11 aromatic rings. The number of methoxy groups -OCH3 is 1. The number of halogens is 2. The molecule has 0 N–H and O–H groups in total. The van der Waals surface area contributed by atoms with Gasteiger partial charge in [-0.1, -0.05) is 47.5 Å². The second-order valence-electron chi connectivity index (χ2n) is 38.4. The molecule has 1 aliphatic carbocycles. The number of nitrogens with zero attached hydrogens (tertiary/aromatic N) is 21. The van der Waals surface area contributed by atoms with Crippen molar-refractivity contribution in [2.75, 3.05) is 159 Å². The fourth-order valence-corrected chi connectivity index (χ4v) is 30.3. The summed E-state index contributed by atoms with van der Waals surface area (Å²) in [4.78, 5) is 80.2. The lowest BCUT2D eigenvalue weighted by Gasteiger charge is -2.34. The number of sulfone groups is 5. The first-order valence-corrected chi connectivity index (χ1v) is 58.5. The van der Waals surface area contributed by atoms with Crippen LogP contribution < -0.4 is 29.2 Å². The number of aryl methyl sites for hydroxylation is 4. The fraction of sp³-hybridized carbons (Fsp3) is 0.510. The Bertz CT molecular complexity index is 7250. The zero-order chi connectivity index (χ0) is 101. The normalized spacial score (nSPS) is 24.4. The van der Waals surface area contributed by atoms with Crippen molar-refractivity contribution in [2.24, 2.45) is 0 Å². The maximum absolute atomic E-state index is 12.7. The fourth-order valence-electron chi connectivity index (χ4n) is 20.5. The Morgan fingerprint density at radius 1 is 0.368 bits per heavy atom. The van der Waals surface area contributed by atoms with Gasteiger partial charge < -0.3 is 52.9 Å². The van der Waals surface area contributed by atoms with Gasteiger partial charge in [0.2, 0.25) is 11.8 Å². The first-order valence-electron chi connectivity index (χ1n) is 49.2. The number of hydrogen-bond acceptors (Lipinski definition) is 36. The zero-order valence-corrected chi connectivity index (χ0v) is 88.0. The lowest BCUT2D eigenvalue weighted by atomic mass is 10.1. The molecule has 10 aromatic heterocycles. The van der Waals surface area contributed by atoms with Gasteiger partial charge in [-0.25, -0.2) is 107 Å². The van der Waals surface area contributed by atoms with Gasteiger partial charge in [-0.05, 0) is 175 Å². The largest absolute Gasteiger partial charge is 0.481 e. The van der Waals surface area contributed by atoms with Gasteiger partial charge in [0, 0.05) is 127 Å². The number of allylic oxidation sites excluding steroid dienone is 1. The summed E-state index contributed by atoms with van der Waals surface area (Å²) in [6.07, 6.45) is 12.8. The number of para-hydroxylation sites is 2. The lowest BCUT2D eigenvalue weighted by Crippen LogP contribution is -2.44. The molecule has 10 atom stereocenters. The van der Waals surface area contributed by atoms with Gasteiger partial charge in [0.25, 0.3) is 0 Å². The summed E-state index contributed by atoms with van der Waals surface area (Å²) in [5.74, 6) is 8.49. The maximum atomic E-state index is 12.7. The number of rotatable bonds is 16. The van der Waals surface area contributed by atoms with Crippen LogP contribution in [0.15, 0.2) is 109 Å². The molecule has 0 bridgehead atoms. The average Bonchev–Trinajstić information content (AvgIpc) is 1.60. The Morgan fingerprint density at radius 3 is 1.12 bits per heavy atom. The van der Waals surface area contributed by atoms with E-state index >= 15 is 0 Å². The van der Waals surface area contributed by atoms with Crippen molar-refractivity contribution in [2.45, 2.75) is 189 Å². The van der Waals surface area contributed by atoms with Crippen LogP contribution in [0.4, 0.5) is 29.1 Å². The highest BCUT2D eigenvalue weighted by Crippen LogP contribution is 2.45. The van der Waals surface area contributed by atoms with Crippen molar-refractivity contribution in [3.05, 3.63) is 182 Å². The Hall–Kier alpha value is -10.6. The third-order valence-corrected chi connectivity index (χ3v) is 39.3. The average molecular weight is 2100 g/mol. The predicted molar refractivity (Wildman–Crippen MR) is 553 cm³/mol. The Morgan fingerprint density at radius 2 is 0.729 bits per heavy atom. The standard InChI is InChI=1S/C21H23ClN4O3S.C21H25N5O3S.C20H26N4O4S.C19H23ClN4O3S.C19H24N4O3S/c1-13-12-29-8-7-26(13)20-11-17(18-6-3-9-30(18,27)28)24-21(25-20)15-10-19(22)23-16-5-2-4-14(15)16;1-14-13-29-10-9-25(14)20-12-17(19-8-5-11-30(19,27)28)23-21(24-20)26-15(2)22-16-6-3-4-7-18(16)26;1-13-9-15(10-19(21-13)27-3)20-22-16(17-5-4-8-29(17,25)26)11-18(23-20)24-6-7-28-12-14(24)2;1-12-8-14(9-17(20)21-12)19-22-15(16-4-3-7-28(16,25)26)10-18(23-19)24-5-6-27-11-13(24)2;1-13-10-15(5-6-20-13)19-21-16(17-4-3-9-27(17,24)25)11-18(22-19)23-7-8-26-12-14(23)2/h2,4,10-11,13,18H,3,5-9,12H2,1H3;3-4,6-7,12,14,19H,5,8-11,13H2,1-2H3;9-11,14,17H,4-8,12H2,1-3H3;8-10,13,16H,3-7,11H2,1-2H3;5-6,10-11,14,17H,3-4,7-9,12H2,1-2H3/t13-,18?;14-,19?;14-,17?;13-,16?;14-,17?/m11111/s1. The lowest BCUT2D eigenvalue weighted by molar-refractivity contribution is 0.0985. The van der Waals surface area contributed by atoms with Crippen LogP contribution in [0.3, 0.4) is 0 Å². The van der Waals surface area contributed by atoms with Crippen molar-refractivity contribution in [1.82, 2.24) is 79.3 Å². The smallest absolute Gasteiger partial charge is 0.237 e. The molecule has 5 unspecified atom stereocenters. The van der Waals surface area contributed by atoms with Crippen LogP contribution >= 0.6 is 23.2 Å². The molecule has 10 saturated heterocycles. The van der Waals surface area contributed by atoms with E-state index in [1.54, 1.807) is 31.5 Å². The van der Waals surface area contributed by atoms with Crippen LogP contribution in [0, 0.1) is 27.7 Å². The summed E-state index contributed by atoms with van der Waals surface area (Å²) in [7, 11) is -14.4. The Kier molecular flexibility index (Phi) is 31.4. The highest BCUT2D eigenvalue weighted by Gasteiger charge is 2.42. The number of pyridine rings is 4. The quantitative estimate of drug-likeness (QED) is 0.0811. The predicted octanol–water partition coefficient (Wildman–Crippen LogP) is 13.5. The molecule has 0 radical (unpaired) electrons. The highest BCUT2D eigenvalue weighted by atomic mass is 35.5. The van der Waals surface area contributed by atoms with Gasteiger partial charge in [-0.2, -0.15) is 4.98 Å². The molecule has 37 nitrogen and oxygen atoms in total. The van der Waals surface area contributed by atoms with Gasteiger partial charge in [0.05, 0.1) is 177 Å². The van der Waals surface area contributed by atoms with Crippen LogP contribution in [0.5, 0.6) is 5.88 Å². The van der Waals surface area contributed by atoms with E-state index in [9.17, 15) is 42.1 Å². The van der Waals surface area contributed by atoms with Crippen molar-refractivity contribution in [1.29, 1.82) is 0 Å². The second kappa shape index (κ2) is 43.8. The van der Waals surface area contributed by atoms with Gasteiger partial charge in [0.15, 0.2) is 72.5 Å². The number of imidazole rings is 1. The molecule has 22 rings (SSSR count). The third-order valence-electron chi connectivity index (χ3n) is 27.9. The molecule has 766 valence electrons. The number of anilines is 5. The minimum Gasteiger partial charge on any atom is -0.481 e. The van der Waals surface area contributed by atoms with Crippen LogP contribution in [0.1, 0.15) is 188 Å². The summed E-state index contributed by atoms with van der Waals surface area (Å²) in [5.41, 5.74) is 12.0. The number of fused-ring (bicyclic) bond motifs is 2. The minimum atomic E-state index is -3.21. The van der Waals surface area contributed by atoms with Gasteiger partial charge in [0.1, 0.15) is 71.5 Å². The number of hydrogen-bond donors (Lipinski definition) is 0. The highest BCUT2D eigenvalue weighted by molar-refractivity contribution is 7.93. The number of benzene rings is 1. The molecule has 0 amide bonds. The molecular weight excluding hydrogens is 1980 g/mol. The van der Waals surface area contributed by atoms with Crippen molar-refractivity contribution >= 4 is 119 Å². The van der Waals surface area contributed by atoms with Crippen molar-refractivity contribution in [3.8, 4) is 57.4 Å². The van der Waals surface area contributed by atoms with Crippen LogP contribution in [0.25, 0.3) is 68.6 Å². The van der Waals surface area contributed by atoms with Crippen molar-refractivity contribution < 1.29 is 70.5 Å². The van der Waals surface area contributed by atoms with E-state index in [1.807, 2.05) is 123 Å². The van der Waals surface area contributed by atoms with E-state index in [0.29, 0.717) is 237 Å². The zero-order valence-electron chi connectivity index (χ0n) is 82.4. The molecule has 20 heterocycles. The van der Waals surface area contributed by atoms with Gasteiger partial charge in [-0.15, -0.1) is 0 Å². The third kappa shape index (κ3) is 23.2. The monoisotopic (exact) mass is 2100 g/mol. The van der Waals surface area contributed by atoms with E-state index in [-0.39, 0.29) is 59.0 Å². The molecular formula is C100H121Cl2N21O16S5. The van der Waals surface area contributed by atoms with E-state index in [4.69, 9.17) is 86.5 Å². The Labute approximate surface area is 850 Å². The molecule has 1 aromatic carbocycles. The molecule has 0 saturated carbocycles. The maximum Gasteiger partial charge on any atom is 0.237 e. The van der Waals surface area contributed by atoms with E-state index in [1.165, 1.54) is 0 Å². The molecule has 144 heavy (non-hydrogen) atoms. The summed E-state index contributed by atoms with van der Waals surface area (Å²) in [5, 5.41) is -2.13. The second-order valence-corrected chi connectivity index (χ2v) is 50.7. The van der Waals surface area contributed by atoms with Gasteiger partial charge in [-0.3, -0.25) is 9.55 Å². The van der Waals surface area contributed by atoms with Crippen LogP contribution in [-0.4, -0.2) is 286 Å². The molecule has 10 aliphatic heterocycles. The summed E-state index contributed by atoms with van der Waals surface area (Å²) < 4.78 is 161.